The van der Waals surface area contributed by atoms with Crippen molar-refractivity contribution in [3.8, 4) is 5.75 Å². The van der Waals surface area contributed by atoms with Gasteiger partial charge in [-0.15, -0.1) is 0 Å². The van der Waals surface area contributed by atoms with Crippen LogP contribution in [0.1, 0.15) is 12.6 Å². The molecule has 0 aliphatic carbocycles. The zero-order valence-corrected chi connectivity index (χ0v) is 11.8. The minimum absolute atomic E-state index is 0.433. The summed E-state index contributed by atoms with van der Waals surface area (Å²) in [5, 5.41) is 0. The fourth-order valence-electron chi connectivity index (χ4n) is 1.92. The van der Waals surface area contributed by atoms with E-state index in [0.29, 0.717) is 6.42 Å². The van der Waals surface area contributed by atoms with Crippen molar-refractivity contribution in [1.82, 2.24) is 9.38 Å². The lowest BCUT2D eigenvalue weighted by molar-refractivity contribution is 0.230. The first kappa shape index (κ1) is 13.8. The fraction of sp³-hybridized carbons (Fsp3) is 0.417. The van der Waals surface area contributed by atoms with Crippen LogP contribution in [0.15, 0.2) is 24.5 Å². The van der Waals surface area contributed by atoms with Crippen LogP contribution in [0.3, 0.4) is 0 Å². The van der Waals surface area contributed by atoms with E-state index in [1.165, 1.54) is 0 Å². The quantitative estimate of drug-likeness (QED) is 0.773. The average molecular weight is 284 g/mol. The van der Waals surface area contributed by atoms with Crippen molar-refractivity contribution in [3.63, 3.8) is 0 Å². The normalized spacial score (nSPS) is 13.6. The van der Waals surface area contributed by atoms with Gasteiger partial charge in [0.15, 0.2) is 0 Å². The average Bonchev–Trinajstić information content (AvgIpc) is 2.69. The maximum atomic E-state index is 11.1. The molecular formula is C12H16N2O4S. The predicted molar refractivity (Wildman–Crippen MR) is 70.8 cm³/mol. The van der Waals surface area contributed by atoms with Crippen LogP contribution in [-0.4, -0.2) is 37.3 Å². The first-order valence-corrected chi connectivity index (χ1v) is 7.59. The van der Waals surface area contributed by atoms with Crippen molar-refractivity contribution in [1.29, 1.82) is 0 Å². The van der Waals surface area contributed by atoms with E-state index in [2.05, 4.69) is 4.98 Å². The molecule has 0 bridgehead atoms. The van der Waals surface area contributed by atoms with Gasteiger partial charge in [0.1, 0.15) is 11.4 Å². The number of aromatic nitrogens is 2. The number of fused-ring (bicyclic) bond motifs is 1. The highest BCUT2D eigenvalue weighted by Gasteiger charge is 2.13. The van der Waals surface area contributed by atoms with Gasteiger partial charge < -0.3 is 9.14 Å². The Morgan fingerprint density at radius 2 is 2.21 bits per heavy atom. The van der Waals surface area contributed by atoms with Crippen LogP contribution in [0, 0.1) is 0 Å². The Balaban J connectivity index is 2.22. The van der Waals surface area contributed by atoms with Gasteiger partial charge in [0.2, 0.25) is 0 Å². The molecule has 1 atom stereocenters. The summed E-state index contributed by atoms with van der Waals surface area (Å²) in [7, 11) is -1.85. The maximum absolute atomic E-state index is 11.1. The standard InChI is InChI=1S/C12H16N2O4S/c1-9(18-19(3,15)16)6-10-8-13-12-7-11(17-2)4-5-14(10)12/h4-5,7-9H,6H2,1-3H3/t9-/m1/s1. The largest absolute Gasteiger partial charge is 0.497 e. The number of nitrogens with zero attached hydrogens (tertiary/aromatic N) is 2. The van der Waals surface area contributed by atoms with Crippen molar-refractivity contribution in [2.45, 2.75) is 19.4 Å². The zero-order valence-electron chi connectivity index (χ0n) is 11.0. The van der Waals surface area contributed by atoms with E-state index in [9.17, 15) is 8.42 Å². The molecule has 0 fully saturated rings. The lowest BCUT2D eigenvalue weighted by atomic mass is 10.2. The molecule has 0 unspecified atom stereocenters. The molecule has 2 aromatic heterocycles. The predicted octanol–water partition coefficient (Wildman–Crippen LogP) is 1.25. The van der Waals surface area contributed by atoms with E-state index in [-0.39, 0.29) is 0 Å². The number of pyridine rings is 1. The number of rotatable bonds is 5. The Labute approximate surface area is 112 Å². The van der Waals surface area contributed by atoms with Crippen LogP contribution >= 0.6 is 0 Å². The lowest BCUT2D eigenvalue weighted by Gasteiger charge is -2.10. The molecule has 0 spiro atoms. The molecule has 0 aliphatic rings. The Hall–Kier alpha value is -1.60. The second kappa shape index (κ2) is 5.18. The van der Waals surface area contributed by atoms with Crippen molar-refractivity contribution in [3.05, 3.63) is 30.2 Å². The topological polar surface area (TPSA) is 69.9 Å². The third-order valence-electron chi connectivity index (χ3n) is 2.63. The van der Waals surface area contributed by atoms with Crippen LogP contribution in [0.5, 0.6) is 5.75 Å². The van der Waals surface area contributed by atoms with Crippen molar-refractivity contribution >= 4 is 15.8 Å². The van der Waals surface area contributed by atoms with Crippen LogP contribution in [0.25, 0.3) is 5.65 Å². The van der Waals surface area contributed by atoms with Crippen molar-refractivity contribution < 1.29 is 17.3 Å². The molecule has 0 amide bonds. The Bertz CT molecular complexity index is 678. The first-order chi connectivity index (χ1) is 8.89. The van der Waals surface area contributed by atoms with E-state index in [0.717, 1.165) is 23.3 Å². The summed E-state index contributed by atoms with van der Waals surface area (Å²) in [4.78, 5) is 4.25. The van der Waals surface area contributed by atoms with Crippen LogP contribution in [-0.2, 0) is 20.7 Å². The Kier molecular flexibility index (Phi) is 3.77. The third kappa shape index (κ3) is 3.45. The molecule has 19 heavy (non-hydrogen) atoms. The molecule has 2 heterocycles. The number of ether oxygens (including phenoxy) is 1. The first-order valence-electron chi connectivity index (χ1n) is 5.77. The molecule has 0 N–H and O–H groups in total. The summed E-state index contributed by atoms with van der Waals surface area (Å²) >= 11 is 0. The summed E-state index contributed by atoms with van der Waals surface area (Å²) in [5.74, 6) is 0.727. The maximum Gasteiger partial charge on any atom is 0.264 e. The van der Waals surface area contributed by atoms with E-state index in [1.807, 2.05) is 22.7 Å². The molecule has 0 aromatic carbocycles. The lowest BCUT2D eigenvalue weighted by Crippen LogP contribution is -2.17. The van der Waals surface area contributed by atoms with Gasteiger partial charge in [0.25, 0.3) is 10.1 Å². The molecule has 6 nitrogen and oxygen atoms in total. The van der Waals surface area contributed by atoms with Gasteiger partial charge in [0.05, 0.1) is 19.5 Å². The molecule has 7 heteroatoms. The molecular weight excluding hydrogens is 268 g/mol. The van der Waals surface area contributed by atoms with Gasteiger partial charge in [-0.3, -0.25) is 4.18 Å². The molecule has 0 saturated heterocycles. The SMILES string of the molecule is COc1ccn2c(C[C@@H](C)OS(C)(=O)=O)cnc2c1. The molecule has 2 aromatic rings. The van der Waals surface area contributed by atoms with Gasteiger partial charge in [-0.1, -0.05) is 0 Å². The summed E-state index contributed by atoms with van der Waals surface area (Å²) in [6.45, 7) is 1.71. The third-order valence-corrected chi connectivity index (χ3v) is 3.31. The molecule has 0 saturated carbocycles. The van der Waals surface area contributed by atoms with Crippen LogP contribution < -0.4 is 4.74 Å². The summed E-state index contributed by atoms with van der Waals surface area (Å²) in [5.41, 5.74) is 1.63. The van der Waals surface area contributed by atoms with Crippen LogP contribution in [0.2, 0.25) is 0 Å². The van der Waals surface area contributed by atoms with Gasteiger partial charge in [-0.05, 0) is 13.0 Å². The summed E-state index contributed by atoms with van der Waals surface area (Å²) in [6.07, 6.45) is 4.61. The van der Waals surface area contributed by atoms with Crippen molar-refractivity contribution in [2.24, 2.45) is 0 Å². The second-order valence-corrected chi connectivity index (χ2v) is 5.96. The smallest absolute Gasteiger partial charge is 0.264 e. The summed E-state index contributed by atoms with van der Waals surface area (Å²) in [6, 6.07) is 3.63. The van der Waals surface area contributed by atoms with E-state index < -0.39 is 16.2 Å². The van der Waals surface area contributed by atoms with Gasteiger partial charge in [-0.2, -0.15) is 8.42 Å². The monoisotopic (exact) mass is 284 g/mol. The fourth-order valence-corrected chi connectivity index (χ4v) is 2.58. The summed E-state index contributed by atoms with van der Waals surface area (Å²) < 4.78 is 34.0. The van der Waals surface area contributed by atoms with E-state index in [1.54, 1.807) is 20.2 Å². The molecule has 0 aliphatic heterocycles. The Morgan fingerprint density at radius 1 is 1.47 bits per heavy atom. The highest BCUT2D eigenvalue weighted by molar-refractivity contribution is 7.86. The molecule has 104 valence electrons. The number of methoxy groups -OCH3 is 1. The minimum atomic E-state index is -3.44. The molecule has 2 rings (SSSR count). The van der Waals surface area contributed by atoms with Crippen molar-refractivity contribution in [2.75, 3.05) is 13.4 Å². The van der Waals surface area contributed by atoms with E-state index in [4.69, 9.17) is 8.92 Å². The zero-order chi connectivity index (χ0) is 14.0. The second-order valence-electron chi connectivity index (χ2n) is 4.36. The highest BCUT2D eigenvalue weighted by Crippen LogP contribution is 2.16. The van der Waals surface area contributed by atoms with Gasteiger partial charge in [-0.25, -0.2) is 4.98 Å². The molecule has 0 radical (unpaired) electrons. The van der Waals surface area contributed by atoms with E-state index >= 15 is 0 Å². The van der Waals surface area contributed by atoms with Gasteiger partial charge >= 0.3 is 0 Å². The minimum Gasteiger partial charge on any atom is -0.497 e. The number of imidazole rings is 1. The van der Waals surface area contributed by atoms with Gasteiger partial charge in [0, 0.05) is 30.6 Å². The number of hydrogen-bond acceptors (Lipinski definition) is 5. The van der Waals surface area contributed by atoms with Crippen LogP contribution in [0.4, 0.5) is 0 Å². The Morgan fingerprint density at radius 3 is 2.84 bits per heavy atom. The highest BCUT2D eigenvalue weighted by atomic mass is 32.2. The number of hydrogen-bond donors (Lipinski definition) is 0.